The first-order valence-corrected chi connectivity index (χ1v) is 7.02. The summed E-state index contributed by atoms with van der Waals surface area (Å²) in [6.07, 6.45) is -4.72. The molecule has 1 aliphatic rings. The summed E-state index contributed by atoms with van der Waals surface area (Å²) in [4.78, 5) is 33.8. The van der Waals surface area contributed by atoms with Crippen LogP contribution in [0.1, 0.15) is 27.2 Å². The second-order valence-corrected chi connectivity index (χ2v) is 5.64. The van der Waals surface area contributed by atoms with Gasteiger partial charge in [0.1, 0.15) is 6.10 Å². The lowest BCUT2D eigenvalue weighted by molar-refractivity contribution is -0.283. The van der Waals surface area contributed by atoms with E-state index in [0.717, 1.165) is 0 Å². The van der Waals surface area contributed by atoms with E-state index in [1.54, 1.807) is 0 Å². The average molecular weight is 334 g/mol. The Bertz CT molecular complexity index is 465. The van der Waals surface area contributed by atoms with E-state index in [0.29, 0.717) is 0 Å². The van der Waals surface area contributed by atoms with Crippen molar-refractivity contribution in [2.75, 3.05) is 0 Å². The summed E-state index contributed by atoms with van der Waals surface area (Å²) >= 11 is 0. The highest BCUT2D eigenvalue weighted by Crippen LogP contribution is 2.30. The van der Waals surface area contributed by atoms with Crippen molar-refractivity contribution in [3.8, 4) is 0 Å². The third kappa shape index (κ3) is 4.61. The Hall–Kier alpha value is -1.75. The Balaban J connectivity index is 3.21. The van der Waals surface area contributed by atoms with Crippen molar-refractivity contribution >= 4 is 17.8 Å². The number of nitrogens with one attached hydrogen (secondary N) is 2. The molecule has 1 aliphatic heterocycles. The van der Waals surface area contributed by atoms with E-state index in [1.165, 1.54) is 20.8 Å². The minimum atomic E-state index is -2.70. The number of amides is 2. The maximum Gasteiger partial charge on any atom is 0.364 e. The fraction of sp³-hybridized carbons (Fsp3) is 0.769. The van der Waals surface area contributed by atoms with Gasteiger partial charge >= 0.3 is 5.97 Å². The van der Waals surface area contributed by atoms with Gasteiger partial charge in [0.15, 0.2) is 0 Å². The van der Waals surface area contributed by atoms with Crippen LogP contribution in [-0.2, 0) is 19.1 Å². The molecular weight excluding hydrogens is 312 g/mol. The molecule has 10 heteroatoms. The number of carbonyl (C=O) groups is 3. The molecule has 0 aromatic carbocycles. The SMILES string of the molecule is CC(=O)N[C@H]([C@@H]1O[C@](O)(C(=O)O)C[C@H](O)[C@@H]1NC(C)=O)[C@H](C)O. The van der Waals surface area contributed by atoms with Crippen LogP contribution in [0.15, 0.2) is 0 Å². The quantitative estimate of drug-likeness (QED) is 0.316. The summed E-state index contributed by atoms with van der Waals surface area (Å²) < 4.78 is 5.15. The lowest BCUT2D eigenvalue weighted by Gasteiger charge is -2.45. The summed E-state index contributed by atoms with van der Waals surface area (Å²) in [6, 6.07) is -2.29. The molecule has 6 N–H and O–H groups in total. The van der Waals surface area contributed by atoms with E-state index in [1.807, 2.05) is 0 Å². The summed E-state index contributed by atoms with van der Waals surface area (Å²) in [7, 11) is 0. The molecule has 1 saturated heterocycles. The number of aliphatic hydroxyl groups is 3. The number of hydrogen-bond acceptors (Lipinski definition) is 7. The largest absolute Gasteiger partial charge is 0.477 e. The van der Waals surface area contributed by atoms with Crippen LogP contribution < -0.4 is 10.6 Å². The van der Waals surface area contributed by atoms with Crippen molar-refractivity contribution < 1.29 is 39.5 Å². The molecule has 0 unspecified atom stereocenters. The summed E-state index contributed by atoms with van der Waals surface area (Å²) in [5, 5.41) is 43.8. The Labute approximate surface area is 132 Å². The fourth-order valence-electron chi connectivity index (χ4n) is 2.54. The lowest BCUT2D eigenvalue weighted by Crippen LogP contribution is -2.69. The molecule has 10 nitrogen and oxygen atoms in total. The number of rotatable bonds is 5. The van der Waals surface area contributed by atoms with E-state index in [2.05, 4.69) is 10.6 Å². The minimum absolute atomic E-state index is 0.532. The highest BCUT2D eigenvalue weighted by molar-refractivity contribution is 5.76. The molecule has 0 aromatic heterocycles. The molecule has 0 bridgehead atoms. The Kier molecular flexibility index (Phi) is 6.05. The Morgan fingerprint density at radius 1 is 1.26 bits per heavy atom. The monoisotopic (exact) mass is 334 g/mol. The predicted molar refractivity (Wildman–Crippen MR) is 75.0 cm³/mol. The van der Waals surface area contributed by atoms with Gasteiger partial charge in [-0.1, -0.05) is 0 Å². The number of aliphatic carboxylic acids is 1. The molecular formula is C13H22N2O8. The second-order valence-electron chi connectivity index (χ2n) is 5.64. The third-order valence-corrected chi connectivity index (χ3v) is 3.53. The van der Waals surface area contributed by atoms with Crippen LogP contribution in [0.5, 0.6) is 0 Å². The fourth-order valence-corrected chi connectivity index (χ4v) is 2.54. The third-order valence-electron chi connectivity index (χ3n) is 3.53. The van der Waals surface area contributed by atoms with Gasteiger partial charge < -0.3 is 35.8 Å². The van der Waals surface area contributed by atoms with Crippen LogP contribution in [0.25, 0.3) is 0 Å². The lowest BCUT2D eigenvalue weighted by atomic mass is 9.87. The van der Waals surface area contributed by atoms with Gasteiger partial charge in [0.25, 0.3) is 5.79 Å². The van der Waals surface area contributed by atoms with E-state index in [9.17, 15) is 29.7 Å². The predicted octanol–water partition coefficient (Wildman–Crippen LogP) is -2.70. The highest BCUT2D eigenvalue weighted by Gasteiger charge is 2.53. The summed E-state index contributed by atoms with van der Waals surface area (Å²) in [5.74, 6) is -5.50. The summed E-state index contributed by atoms with van der Waals surface area (Å²) in [5.41, 5.74) is 0. The number of hydrogen-bond donors (Lipinski definition) is 6. The van der Waals surface area contributed by atoms with E-state index in [4.69, 9.17) is 9.84 Å². The first-order valence-electron chi connectivity index (χ1n) is 7.02. The van der Waals surface area contributed by atoms with Crippen LogP contribution >= 0.6 is 0 Å². The number of ether oxygens (including phenoxy) is 1. The number of carboxylic acids is 1. The molecule has 1 rings (SSSR count). The minimum Gasteiger partial charge on any atom is -0.477 e. The molecule has 23 heavy (non-hydrogen) atoms. The molecule has 0 saturated carbocycles. The van der Waals surface area contributed by atoms with E-state index >= 15 is 0 Å². The van der Waals surface area contributed by atoms with Crippen molar-refractivity contribution in [2.45, 2.75) is 63.4 Å². The smallest absolute Gasteiger partial charge is 0.364 e. The molecule has 2 amide bonds. The van der Waals surface area contributed by atoms with Crippen molar-refractivity contribution in [2.24, 2.45) is 0 Å². The van der Waals surface area contributed by atoms with Crippen molar-refractivity contribution in [3.05, 3.63) is 0 Å². The molecule has 6 atom stereocenters. The number of aliphatic hydroxyl groups excluding tert-OH is 2. The van der Waals surface area contributed by atoms with Crippen LogP contribution in [0.4, 0.5) is 0 Å². The van der Waals surface area contributed by atoms with Gasteiger partial charge in [-0.25, -0.2) is 4.79 Å². The average Bonchev–Trinajstić information content (AvgIpc) is 2.38. The topological polar surface area (TPSA) is 165 Å². The Morgan fingerprint density at radius 2 is 1.83 bits per heavy atom. The van der Waals surface area contributed by atoms with Crippen LogP contribution in [0, 0.1) is 0 Å². The van der Waals surface area contributed by atoms with Gasteiger partial charge in [-0.05, 0) is 6.92 Å². The van der Waals surface area contributed by atoms with Crippen LogP contribution in [-0.4, -0.2) is 74.4 Å². The number of carboxylic acid groups (broad SMARTS) is 1. The first kappa shape index (κ1) is 19.3. The molecule has 132 valence electrons. The van der Waals surface area contributed by atoms with Gasteiger partial charge in [-0.2, -0.15) is 0 Å². The van der Waals surface area contributed by atoms with Gasteiger partial charge in [0, 0.05) is 20.3 Å². The highest BCUT2D eigenvalue weighted by atomic mass is 16.7. The second kappa shape index (κ2) is 7.21. The molecule has 0 aliphatic carbocycles. The summed E-state index contributed by atoms with van der Waals surface area (Å²) in [6.45, 7) is 3.67. The van der Waals surface area contributed by atoms with Crippen molar-refractivity contribution in [3.63, 3.8) is 0 Å². The van der Waals surface area contributed by atoms with Gasteiger partial charge in [0.2, 0.25) is 11.8 Å². The molecule has 0 aromatic rings. The molecule has 0 radical (unpaired) electrons. The molecule has 1 fully saturated rings. The normalized spacial score (nSPS) is 33.4. The van der Waals surface area contributed by atoms with Crippen molar-refractivity contribution in [1.82, 2.24) is 10.6 Å². The van der Waals surface area contributed by atoms with Crippen LogP contribution in [0.2, 0.25) is 0 Å². The zero-order valence-corrected chi connectivity index (χ0v) is 13.0. The van der Waals surface area contributed by atoms with Gasteiger partial charge in [-0.15, -0.1) is 0 Å². The molecule has 1 heterocycles. The van der Waals surface area contributed by atoms with Gasteiger partial charge in [0.05, 0.1) is 24.3 Å². The van der Waals surface area contributed by atoms with E-state index < -0.39 is 60.4 Å². The number of carbonyl (C=O) groups excluding carboxylic acids is 2. The zero-order chi connectivity index (χ0) is 17.9. The van der Waals surface area contributed by atoms with Crippen molar-refractivity contribution in [1.29, 1.82) is 0 Å². The van der Waals surface area contributed by atoms with E-state index in [-0.39, 0.29) is 0 Å². The zero-order valence-electron chi connectivity index (χ0n) is 13.0. The maximum atomic E-state index is 11.3. The molecule has 0 spiro atoms. The first-order chi connectivity index (χ1) is 10.5. The van der Waals surface area contributed by atoms with Crippen LogP contribution in [0.3, 0.4) is 0 Å². The standard InChI is InChI=1S/C13H22N2O8/c1-5(16)9(14-6(2)17)11-10(15-7(3)18)8(19)4-13(22,23-11)12(20)21/h5,8-11,16,19,22H,4H2,1-3H3,(H,14,17)(H,15,18)(H,20,21)/t5-,8-,9-,10-,11-,13-/m0/s1. The Morgan fingerprint density at radius 3 is 2.22 bits per heavy atom. The van der Waals surface area contributed by atoms with Gasteiger partial charge in [-0.3, -0.25) is 9.59 Å². The maximum absolute atomic E-state index is 11.3.